The summed E-state index contributed by atoms with van der Waals surface area (Å²) in [5.74, 6) is 1.57. The van der Waals surface area contributed by atoms with Crippen LogP contribution in [0.15, 0.2) is 24.3 Å². The number of hydrogen-bond acceptors (Lipinski definition) is 3. The van der Waals surface area contributed by atoms with E-state index in [1.807, 2.05) is 31.2 Å². The fourth-order valence-electron chi connectivity index (χ4n) is 1.49. The Morgan fingerprint density at radius 2 is 2.13 bits per heavy atom. The summed E-state index contributed by atoms with van der Waals surface area (Å²) in [6, 6.07) is 8.04. The van der Waals surface area contributed by atoms with Crippen LogP contribution in [0.4, 0.5) is 5.69 Å². The molecule has 0 unspecified atom stereocenters. The zero-order valence-corrected chi connectivity index (χ0v) is 8.91. The lowest BCUT2D eigenvalue weighted by molar-refractivity contribution is 1.04. The number of rotatable bonds is 3. The van der Waals surface area contributed by atoms with Gasteiger partial charge in [-0.2, -0.15) is 5.10 Å². The van der Waals surface area contributed by atoms with Crippen LogP contribution in [0, 0.1) is 6.92 Å². The van der Waals surface area contributed by atoms with Gasteiger partial charge in [0.1, 0.15) is 5.82 Å². The fourth-order valence-corrected chi connectivity index (χ4v) is 1.49. The summed E-state index contributed by atoms with van der Waals surface area (Å²) < 4.78 is 0. The highest BCUT2D eigenvalue weighted by molar-refractivity contribution is 5.73. The maximum Gasteiger partial charge on any atom is 0.183 e. The summed E-state index contributed by atoms with van der Waals surface area (Å²) in [6.45, 7) is 4.85. The third-order valence-electron chi connectivity index (χ3n) is 2.13. The van der Waals surface area contributed by atoms with Gasteiger partial charge in [-0.1, -0.05) is 12.1 Å². The van der Waals surface area contributed by atoms with E-state index in [9.17, 15) is 0 Å². The van der Waals surface area contributed by atoms with Gasteiger partial charge < -0.3 is 5.32 Å². The standard InChI is InChI=1S/C11H14N4/c1-3-12-10-7-5-4-6-9(10)11-13-8(2)14-15-11/h4-7,12H,3H2,1-2H3,(H,13,14,15). The Morgan fingerprint density at radius 1 is 1.33 bits per heavy atom. The minimum atomic E-state index is 0.740. The smallest absolute Gasteiger partial charge is 0.183 e. The SMILES string of the molecule is CCNc1ccccc1-c1n[nH]c(C)n1. The Morgan fingerprint density at radius 3 is 2.80 bits per heavy atom. The molecule has 0 amide bonds. The maximum absolute atomic E-state index is 4.32. The molecule has 0 saturated carbocycles. The molecule has 0 fully saturated rings. The first kappa shape index (κ1) is 9.71. The lowest BCUT2D eigenvalue weighted by Gasteiger charge is -2.06. The van der Waals surface area contributed by atoms with Crippen LogP contribution in [0.3, 0.4) is 0 Å². The highest BCUT2D eigenvalue weighted by atomic mass is 15.2. The van der Waals surface area contributed by atoms with Crippen LogP contribution < -0.4 is 5.32 Å². The normalized spacial score (nSPS) is 10.3. The van der Waals surface area contributed by atoms with Crippen molar-refractivity contribution < 1.29 is 0 Å². The molecular weight excluding hydrogens is 188 g/mol. The van der Waals surface area contributed by atoms with Gasteiger partial charge in [0.05, 0.1) is 0 Å². The number of nitrogens with zero attached hydrogens (tertiary/aromatic N) is 2. The molecular formula is C11H14N4. The Hall–Kier alpha value is -1.84. The first-order valence-electron chi connectivity index (χ1n) is 5.03. The van der Waals surface area contributed by atoms with E-state index in [1.165, 1.54) is 0 Å². The van der Waals surface area contributed by atoms with Crippen LogP contribution in [0.1, 0.15) is 12.7 Å². The van der Waals surface area contributed by atoms with Gasteiger partial charge in [0, 0.05) is 17.8 Å². The van der Waals surface area contributed by atoms with Crippen molar-refractivity contribution in [2.24, 2.45) is 0 Å². The average Bonchev–Trinajstić information content (AvgIpc) is 2.66. The molecule has 2 N–H and O–H groups in total. The third kappa shape index (κ3) is 1.98. The second-order valence-corrected chi connectivity index (χ2v) is 3.32. The maximum atomic E-state index is 4.32. The summed E-state index contributed by atoms with van der Waals surface area (Å²) in [5.41, 5.74) is 2.10. The van der Waals surface area contributed by atoms with Crippen molar-refractivity contribution in [2.75, 3.05) is 11.9 Å². The number of hydrogen-bond donors (Lipinski definition) is 2. The van der Waals surface area contributed by atoms with E-state index in [0.29, 0.717) is 0 Å². The Kier molecular flexibility index (Phi) is 2.67. The molecule has 1 aromatic heterocycles. The van der Waals surface area contributed by atoms with Crippen LogP contribution in [0.5, 0.6) is 0 Å². The molecule has 0 spiro atoms. The molecule has 78 valence electrons. The van der Waals surface area contributed by atoms with Crippen molar-refractivity contribution in [3.05, 3.63) is 30.1 Å². The number of para-hydroxylation sites is 1. The summed E-state index contributed by atoms with van der Waals surface area (Å²) >= 11 is 0. The van der Waals surface area contributed by atoms with Crippen molar-refractivity contribution in [1.82, 2.24) is 15.2 Å². The molecule has 4 nitrogen and oxygen atoms in total. The number of H-pyrrole nitrogens is 1. The van der Waals surface area contributed by atoms with Crippen LogP contribution in [-0.2, 0) is 0 Å². The molecule has 0 saturated heterocycles. The topological polar surface area (TPSA) is 53.6 Å². The van der Waals surface area contributed by atoms with Crippen molar-refractivity contribution in [2.45, 2.75) is 13.8 Å². The van der Waals surface area contributed by atoms with Crippen molar-refractivity contribution in [3.8, 4) is 11.4 Å². The van der Waals surface area contributed by atoms with Crippen LogP contribution in [0.2, 0.25) is 0 Å². The van der Waals surface area contributed by atoms with Crippen molar-refractivity contribution in [3.63, 3.8) is 0 Å². The van der Waals surface area contributed by atoms with Gasteiger partial charge in [-0.15, -0.1) is 0 Å². The monoisotopic (exact) mass is 202 g/mol. The van der Waals surface area contributed by atoms with Gasteiger partial charge in [-0.3, -0.25) is 5.10 Å². The van der Waals surface area contributed by atoms with Crippen LogP contribution >= 0.6 is 0 Å². The number of anilines is 1. The molecule has 0 aliphatic carbocycles. The van der Waals surface area contributed by atoms with Gasteiger partial charge >= 0.3 is 0 Å². The third-order valence-corrected chi connectivity index (χ3v) is 2.13. The van der Waals surface area contributed by atoms with E-state index in [1.54, 1.807) is 0 Å². The lowest BCUT2D eigenvalue weighted by Crippen LogP contribution is -1.98. The van der Waals surface area contributed by atoms with Gasteiger partial charge in [0.25, 0.3) is 0 Å². The molecule has 2 rings (SSSR count). The summed E-state index contributed by atoms with van der Waals surface area (Å²) in [7, 11) is 0. The lowest BCUT2D eigenvalue weighted by atomic mass is 10.1. The zero-order valence-electron chi connectivity index (χ0n) is 8.91. The Bertz CT molecular complexity index is 447. The molecule has 4 heteroatoms. The Labute approximate surface area is 88.8 Å². The van der Waals surface area contributed by atoms with E-state index >= 15 is 0 Å². The van der Waals surface area contributed by atoms with Crippen LogP contribution in [-0.4, -0.2) is 21.7 Å². The summed E-state index contributed by atoms with van der Waals surface area (Å²) in [6.07, 6.45) is 0. The van der Waals surface area contributed by atoms with Gasteiger partial charge in [-0.25, -0.2) is 4.98 Å². The van der Waals surface area contributed by atoms with Gasteiger partial charge in [0.2, 0.25) is 0 Å². The number of aromatic amines is 1. The number of aromatic nitrogens is 3. The zero-order chi connectivity index (χ0) is 10.7. The largest absolute Gasteiger partial charge is 0.385 e. The molecule has 0 atom stereocenters. The molecule has 2 aromatic rings. The van der Waals surface area contributed by atoms with Crippen molar-refractivity contribution >= 4 is 5.69 Å². The minimum Gasteiger partial charge on any atom is -0.385 e. The average molecular weight is 202 g/mol. The van der Waals surface area contributed by atoms with Gasteiger partial charge in [-0.05, 0) is 26.0 Å². The molecule has 0 bridgehead atoms. The second-order valence-electron chi connectivity index (χ2n) is 3.32. The Balaban J connectivity index is 2.42. The summed E-state index contributed by atoms with van der Waals surface area (Å²) in [4.78, 5) is 4.32. The van der Waals surface area contributed by atoms with Gasteiger partial charge in [0.15, 0.2) is 5.82 Å². The van der Waals surface area contributed by atoms with E-state index in [4.69, 9.17) is 0 Å². The fraction of sp³-hybridized carbons (Fsp3) is 0.273. The molecule has 0 aliphatic rings. The number of nitrogens with one attached hydrogen (secondary N) is 2. The van der Waals surface area contributed by atoms with E-state index in [-0.39, 0.29) is 0 Å². The minimum absolute atomic E-state index is 0.740. The predicted molar refractivity (Wildman–Crippen MR) is 60.7 cm³/mol. The highest BCUT2D eigenvalue weighted by Crippen LogP contribution is 2.24. The highest BCUT2D eigenvalue weighted by Gasteiger charge is 2.07. The predicted octanol–water partition coefficient (Wildman–Crippen LogP) is 2.21. The molecule has 15 heavy (non-hydrogen) atoms. The molecule has 1 aromatic carbocycles. The van der Waals surface area contributed by atoms with E-state index < -0.39 is 0 Å². The summed E-state index contributed by atoms with van der Waals surface area (Å²) in [5, 5.41) is 10.3. The molecule has 1 heterocycles. The van der Waals surface area contributed by atoms with E-state index in [0.717, 1.165) is 29.4 Å². The van der Waals surface area contributed by atoms with Crippen molar-refractivity contribution in [1.29, 1.82) is 0 Å². The first-order chi connectivity index (χ1) is 7.31. The quantitative estimate of drug-likeness (QED) is 0.802. The first-order valence-corrected chi connectivity index (χ1v) is 5.03. The number of benzene rings is 1. The molecule has 0 aliphatic heterocycles. The van der Waals surface area contributed by atoms with Crippen LogP contribution in [0.25, 0.3) is 11.4 Å². The molecule has 0 radical (unpaired) electrons. The van der Waals surface area contributed by atoms with E-state index in [2.05, 4.69) is 27.4 Å². The number of aryl methyl sites for hydroxylation is 1. The second kappa shape index (κ2) is 4.13.